The topological polar surface area (TPSA) is 78.4 Å². The van der Waals surface area contributed by atoms with Crippen molar-refractivity contribution in [2.75, 3.05) is 31.1 Å². The van der Waals surface area contributed by atoms with Crippen LogP contribution in [0.4, 0.5) is 5.82 Å². The van der Waals surface area contributed by atoms with Crippen molar-refractivity contribution in [3.63, 3.8) is 0 Å². The molecule has 168 valence electrons. The lowest BCUT2D eigenvalue weighted by Crippen LogP contribution is -2.52. The fourth-order valence-corrected chi connectivity index (χ4v) is 5.44. The van der Waals surface area contributed by atoms with Gasteiger partial charge in [0.05, 0.1) is 5.92 Å². The molecule has 2 aromatic rings. The molecule has 2 amide bonds. The number of fused-ring (bicyclic) bond motifs is 1. The highest BCUT2D eigenvalue weighted by Gasteiger charge is 2.38. The summed E-state index contributed by atoms with van der Waals surface area (Å²) in [6, 6.07) is 7.24. The number of aryl methyl sites for hydroxylation is 1. The van der Waals surface area contributed by atoms with Crippen LogP contribution < -0.4 is 10.2 Å². The summed E-state index contributed by atoms with van der Waals surface area (Å²) >= 11 is 6.07. The largest absolute Gasteiger partial charge is 0.353 e. The molecule has 1 aromatic carbocycles. The van der Waals surface area contributed by atoms with Crippen LogP contribution in [0.5, 0.6) is 0 Å². The van der Waals surface area contributed by atoms with Crippen LogP contribution in [0.25, 0.3) is 0 Å². The lowest BCUT2D eigenvalue weighted by molar-refractivity contribution is -0.133. The number of benzene rings is 1. The van der Waals surface area contributed by atoms with Crippen molar-refractivity contribution in [1.82, 2.24) is 20.2 Å². The molecule has 0 bridgehead atoms. The first-order valence-corrected chi connectivity index (χ1v) is 11.8. The third-order valence-electron chi connectivity index (χ3n) is 7.07. The second kappa shape index (κ2) is 8.70. The summed E-state index contributed by atoms with van der Waals surface area (Å²) in [6.07, 6.45) is 4.94. The number of anilines is 1. The van der Waals surface area contributed by atoms with E-state index >= 15 is 0 Å². The van der Waals surface area contributed by atoms with E-state index in [1.165, 1.54) is 11.3 Å². The number of piperazine rings is 1. The number of nitrogens with zero attached hydrogens (tertiary/aromatic N) is 4. The van der Waals surface area contributed by atoms with Gasteiger partial charge in [-0.05, 0) is 42.9 Å². The van der Waals surface area contributed by atoms with E-state index in [0.29, 0.717) is 36.9 Å². The van der Waals surface area contributed by atoms with Gasteiger partial charge in [0.15, 0.2) is 0 Å². The number of carbonyl (C=O) groups is 2. The number of hydrogen-bond donors (Lipinski definition) is 1. The molecule has 0 saturated carbocycles. The maximum Gasteiger partial charge on any atom is 0.232 e. The van der Waals surface area contributed by atoms with E-state index in [1.54, 1.807) is 6.33 Å². The van der Waals surface area contributed by atoms with Gasteiger partial charge in [-0.1, -0.05) is 30.7 Å². The van der Waals surface area contributed by atoms with Crippen LogP contribution in [-0.4, -0.2) is 58.9 Å². The zero-order chi connectivity index (χ0) is 22.2. The Bertz CT molecular complexity index is 1020. The zero-order valence-corrected chi connectivity index (χ0v) is 19.0. The average Bonchev–Trinajstić information content (AvgIpc) is 3.41. The molecule has 1 aliphatic carbocycles. The van der Waals surface area contributed by atoms with E-state index < -0.39 is 5.92 Å². The Morgan fingerprint density at radius 3 is 2.53 bits per heavy atom. The van der Waals surface area contributed by atoms with Crippen molar-refractivity contribution in [3.05, 3.63) is 52.4 Å². The molecule has 2 saturated heterocycles. The Hall–Kier alpha value is -2.67. The van der Waals surface area contributed by atoms with Crippen LogP contribution in [0, 0.1) is 0 Å². The van der Waals surface area contributed by atoms with Gasteiger partial charge >= 0.3 is 0 Å². The standard InChI is InChI=1S/C24H28ClN5O2/c1-15-2-7-18-21(15)23(27-14-26-18)29-10-12-30(13-11-29)24(32)22(19-8-9-20(31)28-19)16-3-5-17(25)6-4-16/h3-6,14-15,19,22H,2,7-13H2,1H3,(H,28,31)/t15-,19+,22?/m1/s1. The molecular weight excluding hydrogens is 426 g/mol. The summed E-state index contributed by atoms with van der Waals surface area (Å²) in [5.74, 6) is 1.19. The zero-order valence-electron chi connectivity index (χ0n) is 18.3. The quantitative estimate of drug-likeness (QED) is 0.770. The van der Waals surface area contributed by atoms with Gasteiger partial charge in [0.2, 0.25) is 11.8 Å². The number of hydrogen-bond acceptors (Lipinski definition) is 5. The van der Waals surface area contributed by atoms with Gasteiger partial charge in [-0.25, -0.2) is 9.97 Å². The Labute approximate surface area is 193 Å². The fourth-order valence-electron chi connectivity index (χ4n) is 5.32. The first-order valence-electron chi connectivity index (χ1n) is 11.4. The number of rotatable bonds is 4. The highest BCUT2D eigenvalue weighted by Crippen LogP contribution is 2.37. The molecule has 0 radical (unpaired) electrons. The maximum absolute atomic E-state index is 13.7. The summed E-state index contributed by atoms with van der Waals surface area (Å²) < 4.78 is 0. The maximum atomic E-state index is 13.7. The first kappa shape index (κ1) is 21.2. The fraction of sp³-hybridized carbons (Fsp3) is 0.500. The molecule has 3 heterocycles. The van der Waals surface area contributed by atoms with Gasteiger partial charge < -0.3 is 15.1 Å². The first-order chi connectivity index (χ1) is 15.5. The summed E-state index contributed by atoms with van der Waals surface area (Å²) in [5, 5.41) is 3.64. The third-order valence-corrected chi connectivity index (χ3v) is 7.32. The minimum absolute atomic E-state index is 0.0123. The van der Waals surface area contributed by atoms with Gasteiger partial charge in [-0.2, -0.15) is 0 Å². The van der Waals surface area contributed by atoms with Gasteiger partial charge in [0.25, 0.3) is 0 Å². The lowest BCUT2D eigenvalue weighted by Gasteiger charge is -2.38. The summed E-state index contributed by atoms with van der Waals surface area (Å²) in [4.78, 5) is 38.9. The van der Waals surface area contributed by atoms with Crippen LogP contribution in [0.3, 0.4) is 0 Å². The van der Waals surface area contributed by atoms with Gasteiger partial charge in [-0.15, -0.1) is 0 Å². The number of carbonyl (C=O) groups excluding carboxylic acids is 2. The smallest absolute Gasteiger partial charge is 0.232 e. The molecule has 3 aliphatic rings. The molecule has 32 heavy (non-hydrogen) atoms. The SMILES string of the molecule is C[C@@H]1CCc2ncnc(N3CCN(C(=O)C(c4ccc(Cl)cc4)[C@@H]4CCC(=O)N4)CC3)c21. The monoisotopic (exact) mass is 453 g/mol. The van der Waals surface area contributed by atoms with Crippen molar-refractivity contribution in [2.45, 2.75) is 50.5 Å². The molecular formula is C24H28ClN5O2. The second-order valence-electron chi connectivity index (χ2n) is 9.05. The van der Waals surface area contributed by atoms with Crippen molar-refractivity contribution >= 4 is 29.2 Å². The summed E-state index contributed by atoms with van der Waals surface area (Å²) in [5.41, 5.74) is 3.34. The lowest BCUT2D eigenvalue weighted by atomic mass is 9.89. The predicted molar refractivity (Wildman–Crippen MR) is 123 cm³/mol. The molecule has 3 atom stereocenters. The molecule has 2 aliphatic heterocycles. The van der Waals surface area contributed by atoms with Crippen molar-refractivity contribution in [3.8, 4) is 0 Å². The average molecular weight is 454 g/mol. The molecule has 0 spiro atoms. The van der Waals surface area contributed by atoms with Gasteiger partial charge in [-0.3, -0.25) is 9.59 Å². The van der Waals surface area contributed by atoms with E-state index in [1.807, 2.05) is 29.2 Å². The number of aromatic nitrogens is 2. The van der Waals surface area contributed by atoms with E-state index in [2.05, 4.69) is 27.1 Å². The van der Waals surface area contributed by atoms with Crippen LogP contribution in [0.1, 0.15) is 54.8 Å². The number of halogens is 1. The van der Waals surface area contributed by atoms with Crippen LogP contribution in [0.2, 0.25) is 5.02 Å². The Balaban J connectivity index is 1.33. The van der Waals surface area contributed by atoms with Gasteiger partial charge in [0, 0.05) is 54.9 Å². The summed E-state index contributed by atoms with van der Waals surface area (Å²) in [7, 11) is 0. The highest BCUT2D eigenvalue weighted by molar-refractivity contribution is 6.30. The Morgan fingerprint density at radius 2 is 1.84 bits per heavy atom. The molecule has 7 nitrogen and oxygen atoms in total. The number of amides is 2. The van der Waals surface area contributed by atoms with Crippen LogP contribution >= 0.6 is 11.6 Å². The molecule has 1 unspecified atom stereocenters. The van der Waals surface area contributed by atoms with E-state index in [-0.39, 0.29) is 17.9 Å². The van der Waals surface area contributed by atoms with E-state index in [9.17, 15) is 9.59 Å². The van der Waals surface area contributed by atoms with Crippen LogP contribution in [0.15, 0.2) is 30.6 Å². The Kier molecular flexibility index (Phi) is 5.76. The molecule has 8 heteroatoms. The van der Waals surface area contributed by atoms with Crippen molar-refractivity contribution < 1.29 is 9.59 Å². The summed E-state index contributed by atoms with van der Waals surface area (Å²) in [6.45, 7) is 5.00. The van der Waals surface area contributed by atoms with Crippen molar-refractivity contribution in [2.24, 2.45) is 0 Å². The molecule has 5 rings (SSSR count). The van der Waals surface area contributed by atoms with Crippen LogP contribution in [-0.2, 0) is 16.0 Å². The van der Waals surface area contributed by atoms with E-state index in [0.717, 1.165) is 37.3 Å². The highest BCUT2D eigenvalue weighted by atomic mass is 35.5. The second-order valence-corrected chi connectivity index (χ2v) is 9.49. The minimum Gasteiger partial charge on any atom is -0.353 e. The Morgan fingerprint density at radius 1 is 1.09 bits per heavy atom. The van der Waals surface area contributed by atoms with Gasteiger partial charge in [0.1, 0.15) is 12.1 Å². The molecule has 1 aromatic heterocycles. The van der Waals surface area contributed by atoms with Crippen molar-refractivity contribution in [1.29, 1.82) is 0 Å². The van der Waals surface area contributed by atoms with E-state index in [4.69, 9.17) is 11.6 Å². The third kappa shape index (κ3) is 3.94. The molecule has 1 N–H and O–H groups in total. The normalized spacial score (nSPS) is 23.8. The predicted octanol–water partition coefficient (Wildman–Crippen LogP) is 2.89. The number of nitrogens with one attached hydrogen (secondary N) is 1. The minimum atomic E-state index is -0.395. The molecule has 2 fully saturated rings.